The minimum Gasteiger partial charge on any atom is -0.478 e. The van der Waals surface area contributed by atoms with Gasteiger partial charge in [-0.15, -0.1) is 0 Å². The van der Waals surface area contributed by atoms with Crippen LogP contribution in [0.2, 0.25) is 10.0 Å². The lowest BCUT2D eigenvalue weighted by Crippen LogP contribution is -2.33. The summed E-state index contributed by atoms with van der Waals surface area (Å²) in [5.74, 6) is -1.71. The summed E-state index contributed by atoms with van der Waals surface area (Å²) in [6.45, 7) is 1.73. The van der Waals surface area contributed by atoms with E-state index in [2.05, 4.69) is 15.3 Å². The summed E-state index contributed by atoms with van der Waals surface area (Å²) in [4.78, 5) is 49.4. The second kappa shape index (κ2) is 13.2. The highest BCUT2D eigenvalue weighted by atomic mass is 35.5. The number of rotatable bonds is 7. The molecule has 0 radical (unpaired) electrons. The minimum absolute atomic E-state index is 0.137. The first-order valence-corrected chi connectivity index (χ1v) is 15.7. The fraction of sp³-hybridized carbons (Fsp3) is 0.0571. The largest absolute Gasteiger partial charge is 0.478 e. The van der Waals surface area contributed by atoms with Crippen LogP contribution in [0.5, 0.6) is 0 Å². The number of nitrogens with zero attached hydrogens (tertiary/aromatic N) is 3. The smallest absolute Gasteiger partial charge is 0.336 e. The molecular weight excluding hydrogens is 643 g/mol. The van der Waals surface area contributed by atoms with Gasteiger partial charge in [-0.05, 0) is 61.5 Å². The van der Waals surface area contributed by atoms with Gasteiger partial charge in [-0.25, -0.2) is 14.8 Å². The Labute approximate surface area is 278 Å². The number of carbonyl (C=O) groups is 3. The van der Waals surface area contributed by atoms with Crippen LogP contribution < -0.4 is 10.2 Å². The number of para-hydroxylation sites is 2. The van der Waals surface area contributed by atoms with Crippen molar-refractivity contribution in [3.63, 3.8) is 0 Å². The number of carboxylic acid groups (broad SMARTS) is 1. The number of amidine groups is 1. The molecule has 5 aromatic rings. The van der Waals surface area contributed by atoms with Gasteiger partial charge in [-0.3, -0.25) is 14.5 Å². The van der Waals surface area contributed by atoms with Crippen molar-refractivity contribution in [3.8, 4) is 11.3 Å². The number of carboxylic acids is 1. The summed E-state index contributed by atoms with van der Waals surface area (Å²) in [7, 11) is 0. The minimum atomic E-state index is -1.04. The number of halogens is 2. The summed E-state index contributed by atoms with van der Waals surface area (Å²) in [6.07, 6.45) is 1.55. The Morgan fingerprint density at radius 2 is 1.59 bits per heavy atom. The number of aromatic carboxylic acids is 1. The summed E-state index contributed by atoms with van der Waals surface area (Å²) >= 11 is 13.8. The highest BCUT2D eigenvalue weighted by Gasteiger charge is 2.34. The van der Waals surface area contributed by atoms with Crippen molar-refractivity contribution in [3.05, 3.63) is 130 Å². The van der Waals surface area contributed by atoms with Crippen LogP contribution >= 0.6 is 35.0 Å². The van der Waals surface area contributed by atoms with Gasteiger partial charge in [0.15, 0.2) is 5.17 Å². The third-order valence-corrected chi connectivity index (χ3v) is 8.88. The van der Waals surface area contributed by atoms with Crippen LogP contribution in [0.3, 0.4) is 0 Å². The van der Waals surface area contributed by atoms with Crippen molar-refractivity contribution < 1.29 is 19.5 Å². The van der Waals surface area contributed by atoms with Gasteiger partial charge >= 0.3 is 5.97 Å². The normalized spacial score (nSPS) is 14.4. The molecule has 2 amide bonds. The van der Waals surface area contributed by atoms with E-state index < -0.39 is 11.2 Å². The molecule has 1 atom stereocenters. The van der Waals surface area contributed by atoms with E-state index in [1.165, 1.54) is 4.90 Å². The molecule has 2 heterocycles. The number of carbonyl (C=O) groups excluding carboxylic acids is 2. The third kappa shape index (κ3) is 6.39. The van der Waals surface area contributed by atoms with E-state index in [0.717, 1.165) is 11.8 Å². The highest BCUT2D eigenvalue weighted by Crippen LogP contribution is 2.34. The SMILES string of the molecule is CC(SC1=N/C(=C\c2c(Cl)cccc2Cl)C(=O)N1c1ccccc1)C(=O)Nc1ccc(-c2cc(C(=O)O)c3ccccc3n2)cc1. The third-order valence-electron chi connectivity index (χ3n) is 7.17. The summed E-state index contributed by atoms with van der Waals surface area (Å²) in [6, 6.07) is 29.7. The standard InChI is InChI=1S/C35H24Cl2N4O4S/c1-20(32(42)38-22-16-14-21(15-17-22)30-18-25(34(44)45)24-10-5-6-13-29(24)39-30)46-35-40-31(19-26-27(36)11-7-12-28(26)37)33(43)41(35)23-8-3-2-4-9-23/h2-20H,1H3,(H,38,42)(H,44,45)/b31-19-. The Bertz CT molecular complexity index is 2050. The van der Waals surface area contributed by atoms with Crippen LogP contribution in [0, 0.1) is 0 Å². The van der Waals surface area contributed by atoms with E-state index in [4.69, 9.17) is 23.2 Å². The first-order chi connectivity index (χ1) is 22.2. The van der Waals surface area contributed by atoms with Crippen molar-refractivity contribution in [2.24, 2.45) is 4.99 Å². The van der Waals surface area contributed by atoms with Gasteiger partial charge < -0.3 is 10.4 Å². The van der Waals surface area contributed by atoms with Gasteiger partial charge in [-0.2, -0.15) is 0 Å². The van der Waals surface area contributed by atoms with Crippen molar-refractivity contribution in [2.45, 2.75) is 12.2 Å². The molecular formula is C35H24Cl2N4O4S. The number of amides is 2. The van der Waals surface area contributed by atoms with Crippen LogP contribution in [0.15, 0.2) is 114 Å². The van der Waals surface area contributed by atoms with Gasteiger partial charge in [0, 0.05) is 32.2 Å². The Morgan fingerprint density at radius 1 is 0.913 bits per heavy atom. The van der Waals surface area contributed by atoms with E-state index in [-0.39, 0.29) is 23.1 Å². The predicted octanol–water partition coefficient (Wildman–Crippen LogP) is 8.41. The van der Waals surface area contributed by atoms with E-state index in [1.54, 1.807) is 97.9 Å². The van der Waals surface area contributed by atoms with Gasteiger partial charge in [0.05, 0.1) is 27.7 Å². The van der Waals surface area contributed by atoms with Crippen LogP contribution in [-0.4, -0.2) is 38.3 Å². The van der Waals surface area contributed by atoms with Crippen molar-refractivity contribution in [1.82, 2.24) is 4.98 Å². The molecule has 1 aliphatic heterocycles. The topological polar surface area (TPSA) is 112 Å². The number of benzene rings is 4. The zero-order valence-electron chi connectivity index (χ0n) is 24.1. The molecule has 1 aliphatic rings. The number of hydrogen-bond acceptors (Lipinski definition) is 6. The second-order valence-electron chi connectivity index (χ2n) is 10.2. The van der Waals surface area contributed by atoms with Crippen LogP contribution in [0.1, 0.15) is 22.8 Å². The number of fused-ring (bicyclic) bond motifs is 1. The Morgan fingerprint density at radius 3 is 2.28 bits per heavy atom. The van der Waals surface area contributed by atoms with Gasteiger partial charge in [0.25, 0.3) is 5.91 Å². The quantitative estimate of drug-likeness (QED) is 0.169. The van der Waals surface area contributed by atoms with E-state index >= 15 is 0 Å². The lowest BCUT2D eigenvalue weighted by Gasteiger charge is -2.20. The monoisotopic (exact) mass is 666 g/mol. The molecule has 6 rings (SSSR count). The summed E-state index contributed by atoms with van der Waals surface area (Å²) in [5.41, 5.74) is 3.69. The second-order valence-corrected chi connectivity index (χ2v) is 12.4. The molecule has 0 spiro atoms. The molecule has 1 aromatic heterocycles. The fourth-order valence-electron chi connectivity index (χ4n) is 4.85. The van der Waals surface area contributed by atoms with E-state index in [1.807, 2.05) is 18.2 Å². The summed E-state index contributed by atoms with van der Waals surface area (Å²) in [5, 5.41) is 13.7. The van der Waals surface area contributed by atoms with Crippen LogP contribution in [0.4, 0.5) is 11.4 Å². The maximum Gasteiger partial charge on any atom is 0.336 e. The highest BCUT2D eigenvalue weighted by molar-refractivity contribution is 8.15. The average molecular weight is 668 g/mol. The van der Waals surface area contributed by atoms with Crippen molar-refractivity contribution in [1.29, 1.82) is 0 Å². The molecule has 8 nitrogen and oxygen atoms in total. The zero-order chi connectivity index (χ0) is 32.4. The molecule has 0 aliphatic carbocycles. The number of anilines is 2. The molecule has 11 heteroatoms. The maximum atomic E-state index is 13.6. The first kappa shape index (κ1) is 31.0. The summed E-state index contributed by atoms with van der Waals surface area (Å²) < 4.78 is 0. The van der Waals surface area contributed by atoms with Crippen LogP contribution in [-0.2, 0) is 9.59 Å². The fourth-order valence-corrected chi connectivity index (χ4v) is 6.28. The van der Waals surface area contributed by atoms with Crippen LogP contribution in [0.25, 0.3) is 28.2 Å². The average Bonchev–Trinajstić information content (AvgIpc) is 3.36. The molecule has 4 aromatic carbocycles. The Hall–Kier alpha value is -4.96. The zero-order valence-corrected chi connectivity index (χ0v) is 26.5. The Kier molecular flexibility index (Phi) is 8.90. The predicted molar refractivity (Wildman–Crippen MR) is 186 cm³/mol. The number of thioether (sulfide) groups is 1. The molecule has 0 fully saturated rings. The number of pyridine rings is 1. The van der Waals surface area contributed by atoms with Crippen molar-refractivity contribution >= 4 is 86.3 Å². The number of nitrogens with one attached hydrogen (secondary N) is 1. The molecule has 0 bridgehead atoms. The first-order valence-electron chi connectivity index (χ1n) is 14.0. The molecule has 228 valence electrons. The molecule has 0 saturated carbocycles. The number of hydrogen-bond donors (Lipinski definition) is 2. The Balaban J connectivity index is 1.22. The lowest BCUT2D eigenvalue weighted by atomic mass is 10.0. The molecule has 0 saturated heterocycles. The van der Waals surface area contributed by atoms with Gasteiger partial charge in [-0.1, -0.05) is 89.6 Å². The molecule has 1 unspecified atom stereocenters. The van der Waals surface area contributed by atoms with Gasteiger partial charge in [0.1, 0.15) is 5.70 Å². The van der Waals surface area contributed by atoms with E-state index in [0.29, 0.717) is 54.3 Å². The maximum absolute atomic E-state index is 13.6. The molecule has 46 heavy (non-hydrogen) atoms. The lowest BCUT2D eigenvalue weighted by molar-refractivity contribution is -0.115. The number of aromatic nitrogens is 1. The molecule has 2 N–H and O–H groups in total. The van der Waals surface area contributed by atoms with Gasteiger partial charge in [0.2, 0.25) is 5.91 Å². The van der Waals surface area contributed by atoms with Crippen molar-refractivity contribution in [2.75, 3.05) is 10.2 Å². The number of aliphatic imine (C=N–C) groups is 1. The van der Waals surface area contributed by atoms with E-state index in [9.17, 15) is 19.5 Å².